The molecular formula is C21H31IN4O2. The predicted octanol–water partition coefficient (Wildman–Crippen LogP) is 3.53. The van der Waals surface area contributed by atoms with Gasteiger partial charge in [0, 0.05) is 39.2 Å². The van der Waals surface area contributed by atoms with Crippen LogP contribution in [0.3, 0.4) is 0 Å². The molecule has 0 spiro atoms. The van der Waals surface area contributed by atoms with Gasteiger partial charge in [-0.1, -0.05) is 26.0 Å². The van der Waals surface area contributed by atoms with Gasteiger partial charge in [0.2, 0.25) is 0 Å². The summed E-state index contributed by atoms with van der Waals surface area (Å²) in [5.74, 6) is 2.26. The van der Waals surface area contributed by atoms with E-state index >= 15 is 0 Å². The van der Waals surface area contributed by atoms with Crippen LogP contribution >= 0.6 is 24.0 Å². The zero-order valence-electron chi connectivity index (χ0n) is 17.1. The van der Waals surface area contributed by atoms with E-state index in [0.29, 0.717) is 18.0 Å². The van der Waals surface area contributed by atoms with Crippen LogP contribution in [-0.4, -0.2) is 44.0 Å². The van der Waals surface area contributed by atoms with Gasteiger partial charge < -0.3 is 20.0 Å². The first kappa shape index (κ1) is 24.0. The van der Waals surface area contributed by atoms with E-state index in [1.807, 2.05) is 36.4 Å². The number of furan rings is 1. The topological polar surface area (TPSA) is 69.9 Å². The maximum atomic E-state index is 12.0. The van der Waals surface area contributed by atoms with Crippen LogP contribution in [0.4, 0.5) is 0 Å². The Labute approximate surface area is 184 Å². The normalized spacial score (nSPS) is 11.1. The lowest BCUT2D eigenvalue weighted by Crippen LogP contribution is -2.40. The summed E-state index contributed by atoms with van der Waals surface area (Å²) >= 11 is 0. The first-order valence-electron chi connectivity index (χ1n) is 9.31. The summed E-state index contributed by atoms with van der Waals surface area (Å²) in [4.78, 5) is 18.2. The quantitative estimate of drug-likeness (QED) is 0.332. The van der Waals surface area contributed by atoms with E-state index in [-0.39, 0.29) is 29.9 Å². The molecule has 6 nitrogen and oxygen atoms in total. The number of halogens is 1. The summed E-state index contributed by atoms with van der Waals surface area (Å²) in [7, 11) is 3.50. The van der Waals surface area contributed by atoms with Crippen molar-refractivity contribution in [2.75, 3.05) is 27.2 Å². The SMILES string of the molecule is CC(C)CNC(=NCc1ccc(C(=O)N(C)C)cc1)NCCc1ccco1.I. The number of aliphatic imine (C=N–C) groups is 1. The minimum Gasteiger partial charge on any atom is -0.469 e. The highest BCUT2D eigenvalue weighted by Gasteiger charge is 2.07. The molecule has 2 N–H and O–H groups in total. The molecule has 1 aromatic heterocycles. The summed E-state index contributed by atoms with van der Waals surface area (Å²) in [6.07, 6.45) is 2.49. The molecule has 0 bridgehead atoms. The van der Waals surface area contributed by atoms with Crippen LogP contribution in [-0.2, 0) is 13.0 Å². The van der Waals surface area contributed by atoms with Crippen LogP contribution in [0.5, 0.6) is 0 Å². The Kier molecular flexibility index (Phi) is 10.7. The van der Waals surface area contributed by atoms with Crippen molar-refractivity contribution in [1.29, 1.82) is 0 Å². The van der Waals surface area contributed by atoms with Crippen molar-refractivity contribution in [3.8, 4) is 0 Å². The average Bonchev–Trinajstić information content (AvgIpc) is 3.16. The fraction of sp³-hybridized carbons (Fsp3) is 0.429. The van der Waals surface area contributed by atoms with Gasteiger partial charge in [-0.15, -0.1) is 24.0 Å². The fourth-order valence-electron chi connectivity index (χ4n) is 2.42. The zero-order valence-corrected chi connectivity index (χ0v) is 19.4. The number of hydrogen-bond acceptors (Lipinski definition) is 3. The average molecular weight is 498 g/mol. The maximum Gasteiger partial charge on any atom is 0.253 e. The molecule has 0 saturated carbocycles. The van der Waals surface area contributed by atoms with Crippen LogP contribution in [0, 0.1) is 5.92 Å². The van der Waals surface area contributed by atoms with Crippen molar-refractivity contribution >= 4 is 35.8 Å². The molecule has 2 rings (SSSR count). The molecule has 2 aromatic rings. The first-order chi connectivity index (χ1) is 13.0. The molecule has 0 fully saturated rings. The molecule has 28 heavy (non-hydrogen) atoms. The van der Waals surface area contributed by atoms with Crippen molar-refractivity contribution in [2.24, 2.45) is 10.9 Å². The van der Waals surface area contributed by atoms with Gasteiger partial charge in [0.15, 0.2) is 5.96 Å². The van der Waals surface area contributed by atoms with Crippen molar-refractivity contribution in [3.63, 3.8) is 0 Å². The van der Waals surface area contributed by atoms with E-state index in [1.54, 1.807) is 25.3 Å². The van der Waals surface area contributed by atoms with Crippen LogP contribution in [0.1, 0.15) is 35.5 Å². The van der Waals surface area contributed by atoms with Crippen LogP contribution in [0.15, 0.2) is 52.1 Å². The van der Waals surface area contributed by atoms with Crippen LogP contribution < -0.4 is 10.6 Å². The molecule has 1 amide bonds. The Morgan fingerprint density at radius 3 is 2.43 bits per heavy atom. The number of nitrogens with zero attached hydrogens (tertiary/aromatic N) is 2. The zero-order chi connectivity index (χ0) is 19.6. The van der Waals surface area contributed by atoms with E-state index in [4.69, 9.17) is 4.42 Å². The fourth-order valence-corrected chi connectivity index (χ4v) is 2.42. The van der Waals surface area contributed by atoms with Gasteiger partial charge in [-0.2, -0.15) is 0 Å². The number of carbonyl (C=O) groups is 1. The largest absolute Gasteiger partial charge is 0.469 e. The Morgan fingerprint density at radius 1 is 1.14 bits per heavy atom. The Morgan fingerprint density at radius 2 is 1.86 bits per heavy atom. The van der Waals surface area contributed by atoms with Gasteiger partial charge in [0.05, 0.1) is 12.8 Å². The van der Waals surface area contributed by atoms with Crippen LogP contribution in [0.25, 0.3) is 0 Å². The second-order valence-corrected chi connectivity index (χ2v) is 7.09. The number of amides is 1. The monoisotopic (exact) mass is 498 g/mol. The van der Waals surface area contributed by atoms with Crippen molar-refractivity contribution in [1.82, 2.24) is 15.5 Å². The van der Waals surface area contributed by atoms with Crippen LogP contribution in [0.2, 0.25) is 0 Å². The van der Waals surface area contributed by atoms with Crippen molar-refractivity contribution in [3.05, 3.63) is 59.5 Å². The molecule has 0 unspecified atom stereocenters. The molecule has 0 aliphatic carbocycles. The second-order valence-electron chi connectivity index (χ2n) is 7.09. The Hall–Kier alpha value is -2.03. The summed E-state index contributed by atoms with van der Waals surface area (Å²) < 4.78 is 5.36. The van der Waals surface area contributed by atoms with Gasteiger partial charge >= 0.3 is 0 Å². The van der Waals surface area contributed by atoms with E-state index in [0.717, 1.165) is 36.8 Å². The lowest BCUT2D eigenvalue weighted by atomic mass is 10.1. The lowest BCUT2D eigenvalue weighted by Gasteiger charge is -2.14. The van der Waals surface area contributed by atoms with Crippen molar-refractivity contribution in [2.45, 2.75) is 26.8 Å². The smallest absolute Gasteiger partial charge is 0.253 e. The minimum atomic E-state index is 0. The molecule has 0 aliphatic rings. The highest BCUT2D eigenvalue weighted by atomic mass is 127. The molecule has 1 aromatic carbocycles. The minimum absolute atomic E-state index is 0. The van der Waals surface area contributed by atoms with Gasteiger partial charge in [0.25, 0.3) is 5.91 Å². The molecule has 0 atom stereocenters. The molecule has 7 heteroatoms. The summed E-state index contributed by atoms with van der Waals surface area (Å²) in [6.45, 7) is 6.46. The third-order valence-electron chi connectivity index (χ3n) is 3.95. The number of carbonyl (C=O) groups excluding carboxylic acids is 1. The van der Waals surface area contributed by atoms with Gasteiger partial charge in [-0.25, -0.2) is 4.99 Å². The molecule has 0 radical (unpaired) electrons. The highest BCUT2D eigenvalue weighted by molar-refractivity contribution is 14.0. The van der Waals surface area contributed by atoms with Crippen molar-refractivity contribution < 1.29 is 9.21 Å². The summed E-state index contributed by atoms with van der Waals surface area (Å²) in [6, 6.07) is 11.5. The molecule has 0 saturated heterocycles. The third-order valence-corrected chi connectivity index (χ3v) is 3.95. The molecule has 0 aliphatic heterocycles. The molecule has 154 valence electrons. The number of nitrogens with one attached hydrogen (secondary N) is 2. The van der Waals surface area contributed by atoms with E-state index in [2.05, 4.69) is 29.5 Å². The second kappa shape index (κ2) is 12.4. The maximum absolute atomic E-state index is 12.0. The van der Waals surface area contributed by atoms with Gasteiger partial charge in [-0.05, 0) is 35.7 Å². The number of hydrogen-bond donors (Lipinski definition) is 2. The van der Waals surface area contributed by atoms with E-state index in [1.165, 1.54) is 0 Å². The lowest BCUT2D eigenvalue weighted by molar-refractivity contribution is 0.0827. The molecule has 1 heterocycles. The standard InChI is InChI=1S/C21H30N4O2.HI/c1-16(2)14-23-21(22-12-11-19-6-5-13-27-19)24-15-17-7-9-18(10-8-17)20(26)25(3)4;/h5-10,13,16H,11-12,14-15H2,1-4H3,(H2,22,23,24);1H. The molecular weight excluding hydrogens is 467 g/mol. The third kappa shape index (κ3) is 8.33. The number of benzene rings is 1. The Balaban J connectivity index is 0.00000392. The predicted molar refractivity (Wildman–Crippen MR) is 124 cm³/mol. The van der Waals surface area contributed by atoms with Gasteiger partial charge in [0.1, 0.15) is 5.76 Å². The first-order valence-corrected chi connectivity index (χ1v) is 9.31. The number of guanidine groups is 1. The number of rotatable bonds is 8. The summed E-state index contributed by atoms with van der Waals surface area (Å²) in [5.41, 5.74) is 1.74. The van der Waals surface area contributed by atoms with Gasteiger partial charge in [-0.3, -0.25) is 4.79 Å². The highest BCUT2D eigenvalue weighted by Crippen LogP contribution is 2.07. The Bertz CT molecular complexity index is 725. The van der Waals surface area contributed by atoms with E-state index in [9.17, 15) is 4.79 Å². The van der Waals surface area contributed by atoms with E-state index < -0.39 is 0 Å². The summed E-state index contributed by atoms with van der Waals surface area (Å²) in [5, 5.41) is 6.71.